The van der Waals surface area contributed by atoms with E-state index in [1.165, 1.54) is 82.1 Å². The van der Waals surface area contributed by atoms with Crippen LogP contribution in [0.5, 0.6) is 23.0 Å². The van der Waals surface area contributed by atoms with Gasteiger partial charge >= 0.3 is 23.9 Å². The molecule has 0 aliphatic rings. The Labute approximate surface area is 777 Å². The molecule has 131 heavy (non-hydrogen) atoms. The fourth-order valence-electron chi connectivity index (χ4n) is 14.5. The Morgan fingerprint density at radius 2 is 0.756 bits per heavy atom. The maximum absolute atomic E-state index is 13.4. The largest absolute Gasteiger partial charge is 0.490 e. The zero-order valence-corrected chi connectivity index (χ0v) is 79.7. The van der Waals surface area contributed by atoms with Gasteiger partial charge < -0.3 is 80.0 Å². The molecule has 12 aromatic rings. The number of esters is 4. The van der Waals surface area contributed by atoms with Crippen molar-refractivity contribution in [3.63, 3.8) is 0 Å². The average Bonchev–Trinajstić information content (AvgIpc) is 1.63. The van der Waals surface area contributed by atoms with Gasteiger partial charge in [-0.05, 0) is 187 Å². The molecular weight excluding hydrogens is 1750 g/mol. The molecule has 4 aromatic heterocycles. The summed E-state index contributed by atoms with van der Waals surface area (Å²) in [6.45, 7) is 40.7. The minimum absolute atomic E-state index is 0.0174. The number of nitro groups is 1. The lowest BCUT2D eigenvalue weighted by Crippen LogP contribution is -2.28. The van der Waals surface area contributed by atoms with Crippen LogP contribution in [0.3, 0.4) is 0 Å². The standard InChI is InChI=1S/C26H30N8O4S.C24H30N2O3S.C23H27FN2O3S.C23H27N3O5S/c1-5-34(6-2)10-11-38-23-20(18-12-17(15-29-32-27)13-19(14-18)31-33-28)8-9-21-22(26(36)37-7-3)25(30-16(4)35)39-24(21)23;1-5-26(6-2)14-15-29-21-18(17-10-8-16(4)9-11-17)12-13-19-20(24(27)28-7-3)23(25)30-22(19)21;1-4-26(5-2)13-14-29-20-17(15-7-9-16(24)10-8-15)11-12-18-19(23(27)28-6-3)22(25)30-21(18)20;1-4-25(5-2)13-14-31-20-17(15-7-9-16(10-8-15)26(28)29)11-12-18-19(23(27)30-6-3)22(24)32-21(18)20/h8-9,12-14H,5-7,10-11,15H2,1-4H3,(H,30,35);8-13H,5-7,14-15,25H2,1-4H3;7-12H,4-6,13-14,25H2,1-3H3;7-12H,4-6,13-14,24H2,1-3H3. The Balaban J connectivity index is 0.000000198. The average molecular weight is 1870 g/mol. The number of hydrogen-bond donors (Lipinski definition) is 4. The highest BCUT2D eigenvalue weighted by Crippen LogP contribution is 2.51. The molecule has 7 N–H and O–H groups in total. The number of nitro benzene ring substituents is 1. The van der Waals surface area contributed by atoms with Crippen LogP contribution in [0, 0.1) is 22.9 Å². The van der Waals surface area contributed by atoms with Crippen LogP contribution in [0.2, 0.25) is 0 Å². The number of amides is 1. The molecule has 30 nitrogen and oxygen atoms in total. The van der Waals surface area contributed by atoms with Gasteiger partial charge in [-0.1, -0.05) is 138 Å². The van der Waals surface area contributed by atoms with Crippen LogP contribution < -0.4 is 41.5 Å². The van der Waals surface area contributed by atoms with Crippen molar-refractivity contribution in [2.45, 2.75) is 103 Å². The number of thiophene rings is 4. The number of carbonyl (C=O) groups excluding carboxylic acids is 5. The number of nitrogens with zero attached hydrogens (tertiary/aromatic N) is 11. The predicted molar refractivity (Wildman–Crippen MR) is 527 cm³/mol. The number of nitrogens with one attached hydrogen (secondary N) is 1. The number of halogens is 1. The van der Waals surface area contributed by atoms with Gasteiger partial charge in [0.1, 0.15) is 97.5 Å². The van der Waals surface area contributed by atoms with Gasteiger partial charge in [0, 0.05) is 105 Å². The minimum atomic E-state index is -0.545. The van der Waals surface area contributed by atoms with Crippen LogP contribution >= 0.6 is 45.3 Å². The number of ether oxygens (including phenoxy) is 8. The molecule has 35 heteroatoms. The quantitative estimate of drug-likeness (QED) is 0.00526. The molecule has 0 spiro atoms. The molecule has 0 fully saturated rings. The fraction of sp³-hybridized carbons (Fsp3) is 0.365. The second-order valence-corrected chi connectivity index (χ2v) is 33.5. The zero-order valence-electron chi connectivity index (χ0n) is 76.4. The van der Waals surface area contributed by atoms with Gasteiger partial charge in [-0.15, -0.1) is 45.3 Å². The van der Waals surface area contributed by atoms with Crippen LogP contribution in [0.25, 0.3) is 106 Å². The number of non-ortho nitro benzene ring substituents is 1. The molecule has 0 unspecified atom stereocenters. The second-order valence-electron chi connectivity index (χ2n) is 29.3. The SMILES string of the molecule is CCOC(=O)c1c(N)sc2c(OCCN(CC)CC)c(-c3ccc(C)cc3)ccc12.CCOC(=O)c1c(N)sc2c(OCCN(CC)CC)c(-c3ccc(F)cc3)ccc12.CCOC(=O)c1c(N)sc2c(OCCN(CC)CC)c(-c3ccc([N+](=O)[O-])cc3)ccc12.CCOC(=O)c1c(NC(C)=O)sc2c(OCCN(CC)CC)c(-c3cc(CN=[N+]=[N-])cc(N=[N+]=[N-])c3)ccc12. The molecule has 0 saturated carbocycles. The molecule has 0 atom stereocenters. The number of carbonyl (C=O) groups is 5. The lowest BCUT2D eigenvalue weighted by atomic mass is 9.99. The Morgan fingerprint density at radius 3 is 1.08 bits per heavy atom. The summed E-state index contributed by atoms with van der Waals surface area (Å²) in [5, 5.41) is 25.5. The van der Waals surface area contributed by atoms with Crippen molar-refractivity contribution in [1.82, 2.24) is 19.6 Å². The number of fused-ring (bicyclic) bond motifs is 4. The van der Waals surface area contributed by atoms with E-state index in [9.17, 15) is 38.5 Å². The van der Waals surface area contributed by atoms with Crippen molar-refractivity contribution in [2.24, 2.45) is 10.2 Å². The summed E-state index contributed by atoms with van der Waals surface area (Å²) < 4.78 is 62.6. The molecular formula is C96H114FN15O15S4. The van der Waals surface area contributed by atoms with Crippen molar-refractivity contribution >= 4 is 147 Å². The summed E-state index contributed by atoms with van der Waals surface area (Å²) in [5.41, 5.74) is 46.7. The number of nitrogen functional groups attached to an aromatic ring is 3. The van der Waals surface area contributed by atoms with Crippen LogP contribution in [-0.4, -0.2) is 186 Å². The van der Waals surface area contributed by atoms with Crippen LogP contribution in [0.4, 0.5) is 35.8 Å². The molecule has 0 bridgehead atoms. The first kappa shape index (κ1) is 102. The van der Waals surface area contributed by atoms with E-state index in [0.29, 0.717) is 137 Å². The first-order chi connectivity index (χ1) is 63.3. The summed E-state index contributed by atoms with van der Waals surface area (Å²) >= 11 is 5.19. The van der Waals surface area contributed by atoms with Gasteiger partial charge in [0.2, 0.25) is 5.91 Å². The predicted octanol–water partition coefficient (Wildman–Crippen LogP) is 22.7. The highest BCUT2D eigenvalue weighted by atomic mass is 32.1. The van der Waals surface area contributed by atoms with Gasteiger partial charge in [-0.25, -0.2) is 23.6 Å². The van der Waals surface area contributed by atoms with E-state index >= 15 is 0 Å². The summed E-state index contributed by atoms with van der Waals surface area (Å²) in [6.07, 6.45) is 0. The number of aryl methyl sites for hydroxylation is 1. The first-order valence-corrected chi connectivity index (χ1v) is 46.8. The Bertz CT molecular complexity index is 5870. The third-order valence-electron chi connectivity index (χ3n) is 21.4. The Morgan fingerprint density at radius 1 is 0.435 bits per heavy atom. The number of benzene rings is 8. The van der Waals surface area contributed by atoms with E-state index in [0.717, 1.165) is 131 Å². The summed E-state index contributed by atoms with van der Waals surface area (Å²) in [6, 6.07) is 41.1. The van der Waals surface area contributed by atoms with Crippen molar-refractivity contribution in [1.29, 1.82) is 0 Å². The van der Waals surface area contributed by atoms with E-state index in [4.69, 9.17) is 66.2 Å². The first-order valence-electron chi connectivity index (χ1n) is 43.6. The van der Waals surface area contributed by atoms with E-state index < -0.39 is 28.8 Å². The summed E-state index contributed by atoms with van der Waals surface area (Å²) in [4.78, 5) is 87.7. The number of rotatable bonds is 41. The minimum Gasteiger partial charge on any atom is -0.490 e. The zero-order chi connectivity index (χ0) is 95.0. The van der Waals surface area contributed by atoms with Gasteiger partial charge in [0.05, 0.1) is 56.7 Å². The molecule has 0 saturated heterocycles. The number of azide groups is 2. The normalized spacial score (nSPS) is 11.0. The smallest absolute Gasteiger partial charge is 0.341 e. The fourth-order valence-corrected chi connectivity index (χ4v) is 18.9. The lowest BCUT2D eigenvalue weighted by molar-refractivity contribution is -0.384. The molecule has 8 aromatic carbocycles. The molecule has 4 heterocycles. The van der Waals surface area contributed by atoms with Gasteiger partial charge in [-0.3, -0.25) is 14.9 Å². The van der Waals surface area contributed by atoms with E-state index in [2.05, 4.69) is 132 Å². The molecule has 0 aliphatic heterocycles. The van der Waals surface area contributed by atoms with Crippen LogP contribution in [-0.2, 0) is 30.3 Å². The highest BCUT2D eigenvalue weighted by molar-refractivity contribution is 7.25. The number of nitrogens with two attached hydrogens (primary N) is 3. The molecule has 694 valence electrons. The monoisotopic (exact) mass is 1860 g/mol. The van der Waals surface area contributed by atoms with Gasteiger partial charge in [-0.2, -0.15) is 0 Å². The molecule has 0 radical (unpaired) electrons. The van der Waals surface area contributed by atoms with Gasteiger partial charge in [0.25, 0.3) is 5.69 Å². The molecule has 0 aliphatic carbocycles. The maximum Gasteiger partial charge on any atom is 0.341 e. The Hall–Kier alpha value is -12.7. The van der Waals surface area contributed by atoms with Crippen molar-refractivity contribution in [3.05, 3.63) is 210 Å². The van der Waals surface area contributed by atoms with Crippen molar-refractivity contribution in [3.8, 4) is 67.5 Å². The molecule has 12 rings (SSSR count). The third-order valence-corrected chi connectivity index (χ3v) is 25.6. The molecule has 1 amide bonds. The van der Waals surface area contributed by atoms with E-state index in [1.807, 2.05) is 48.5 Å². The number of hydrogen-bond acceptors (Lipinski definition) is 28. The maximum atomic E-state index is 13.4. The third kappa shape index (κ3) is 26.1. The number of anilines is 4. The van der Waals surface area contributed by atoms with Crippen LogP contribution in [0.1, 0.15) is 143 Å². The van der Waals surface area contributed by atoms with Gasteiger partial charge in [0.15, 0.2) is 0 Å². The van der Waals surface area contributed by atoms with E-state index in [1.54, 1.807) is 70.2 Å². The highest BCUT2D eigenvalue weighted by Gasteiger charge is 2.30. The van der Waals surface area contributed by atoms with Crippen molar-refractivity contribution < 1.29 is 71.2 Å². The Kier molecular flexibility index (Phi) is 39.4. The summed E-state index contributed by atoms with van der Waals surface area (Å²) in [7, 11) is 0. The van der Waals surface area contributed by atoms with E-state index in [-0.39, 0.29) is 49.3 Å². The summed E-state index contributed by atoms with van der Waals surface area (Å²) in [5.74, 6) is 0.0904. The lowest BCUT2D eigenvalue weighted by Gasteiger charge is -2.19. The number of likely N-dealkylation sites (N-methyl/N-ethyl adjacent to an activating group) is 4. The second kappa shape index (κ2) is 50.5. The van der Waals surface area contributed by atoms with Crippen molar-refractivity contribution in [2.75, 3.05) is 154 Å². The van der Waals surface area contributed by atoms with Crippen LogP contribution in [0.15, 0.2) is 150 Å². The topological polar surface area (TPSA) is 403 Å².